The van der Waals surface area contributed by atoms with Gasteiger partial charge in [0.2, 0.25) is 0 Å². The van der Waals surface area contributed by atoms with Gasteiger partial charge in [0, 0.05) is 18.9 Å². The Balaban J connectivity index is 1.82. The summed E-state index contributed by atoms with van der Waals surface area (Å²) in [6.07, 6.45) is 5.21. The van der Waals surface area contributed by atoms with Gasteiger partial charge in [-0.1, -0.05) is 6.07 Å². The van der Waals surface area contributed by atoms with Crippen LogP contribution in [0.25, 0.3) is 0 Å². The molecule has 0 aliphatic heterocycles. The second-order valence-electron chi connectivity index (χ2n) is 4.41. The van der Waals surface area contributed by atoms with Crippen molar-refractivity contribution in [3.63, 3.8) is 0 Å². The average Bonchev–Trinajstić information content (AvgIpc) is 2.55. The summed E-state index contributed by atoms with van der Waals surface area (Å²) in [7, 11) is 3.18. The molecule has 2 N–H and O–H groups in total. The number of carbonyl (C=O) groups excluding carboxylic acids is 1. The lowest BCUT2D eigenvalue weighted by molar-refractivity contribution is 0.252. The van der Waals surface area contributed by atoms with E-state index in [0.29, 0.717) is 30.3 Å². The molecule has 0 radical (unpaired) electrons. The largest absolute Gasteiger partial charge is 0.493 e. The Labute approximate surface area is 128 Å². The molecule has 0 unspecified atom stereocenters. The minimum Gasteiger partial charge on any atom is -0.493 e. The zero-order valence-electron chi connectivity index (χ0n) is 12.5. The second-order valence-corrected chi connectivity index (χ2v) is 4.41. The van der Waals surface area contributed by atoms with Crippen molar-refractivity contribution >= 4 is 11.8 Å². The van der Waals surface area contributed by atoms with Crippen LogP contribution in [0.5, 0.6) is 11.5 Å². The number of benzene rings is 1. The van der Waals surface area contributed by atoms with Gasteiger partial charge in [-0.3, -0.25) is 10.3 Å². The lowest BCUT2D eigenvalue weighted by Gasteiger charge is -2.10. The van der Waals surface area contributed by atoms with Crippen LogP contribution in [0.15, 0.2) is 36.8 Å². The highest BCUT2D eigenvalue weighted by Gasteiger charge is 2.06. The van der Waals surface area contributed by atoms with Gasteiger partial charge in [0.25, 0.3) is 0 Å². The first kappa shape index (κ1) is 15.6. The normalized spacial score (nSPS) is 9.91. The van der Waals surface area contributed by atoms with E-state index in [-0.39, 0.29) is 6.03 Å². The zero-order valence-corrected chi connectivity index (χ0v) is 12.5. The highest BCUT2D eigenvalue weighted by Crippen LogP contribution is 2.27. The maximum absolute atomic E-state index is 11.7. The van der Waals surface area contributed by atoms with Crippen LogP contribution in [0.4, 0.5) is 10.6 Å². The molecule has 7 heteroatoms. The van der Waals surface area contributed by atoms with Crippen LogP contribution in [0.3, 0.4) is 0 Å². The molecule has 0 atom stereocenters. The predicted octanol–water partition coefficient (Wildman–Crippen LogP) is 1.86. The smallest absolute Gasteiger partial charge is 0.320 e. The maximum atomic E-state index is 11.7. The number of hydrogen-bond donors (Lipinski definition) is 2. The van der Waals surface area contributed by atoms with Crippen molar-refractivity contribution in [2.75, 3.05) is 26.1 Å². The molecule has 2 amide bonds. The summed E-state index contributed by atoms with van der Waals surface area (Å²) in [5, 5.41) is 5.36. The topological polar surface area (TPSA) is 85.4 Å². The third-order valence-corrected chi connectivity index (χ3v) is 2.95. The summed E-state index contributed by atoms with van der Waals surface area (Å²) in [5.74, 6) is 1.76. The number of amides is 2. The Kier molecular flexibility index (Phi) is 5.53. The van der Waals surface area contributed by atoms with Gasteiger partial charge in [-0.05, 0) is 24.1 Å². The maximum Gasteiger partial charge on any atom is 0.320 e. The molecule has 1 aromatic carbocycles. The monoisotopic (exact) mass is 302 g/mol. The number of nitrogens with zero attached hydrogens (tertiary/aromatic N) is 2. The minimum atomic E-state index is -0.319. The van der Waals surface area contributed by atoms with Crippen molar-refractivity contribution < 1.29 is 14.3 Å². The van der Waals surface area contributed by atoms with Crippen LogP contribution < -0.4 is 20.1 Å². The molecule has 0 aliphatic rings. The number of carbonyl (C=O) groups is 1. The molecule has 22 heavy (non-hydrogen) atoms. The van der Waals surface area contributed by atoms with E-state index in [0.717, 1.165) is 5.56 Å². The first-order valence-corrected chi connectivity index (χ1v) is 6.74. The van der Waals surface area contributed by atoms with Crippen LogP contribution in [0.1, 0.15) is 5.56 Å². The highest BCUT2D eigenvalue weighted by molar-refractivity contribution is 5.87. The number of methoxy groups -OCH3 is 2. The number of anilines is 1. The SMILES string of the molecule is COc1ccc(CCNC(=O)Nc2cnccn2)cc1OC. The Bertz CT molecular complexity index is 619. The molecular formula is C15H18N4O3. The summed E-state index contributed by atoms with van der Waals surface area (Å²) in [5.41, 5.74) is 1.04. The molecule has 0 saturated carbocycles. The number of urea groups is 1. The second kappa shape index (κ2) is 7.82. The molecule has 0 bridgehead atoms. The summed E-state index contributed by atoms with van der Waals surface area (Å²) in [6.45, 7) is 0.488. The fourth-order valence-corrected chi connectivity index (χ4v) is 1.88. The Morgan fingerprint density at radius 3 is 2.68 bits per heavy atom. The fraction of sp³-hybridized carbons (Fsp3) is 0.267. The predicted molar refractivity (Wildman–Crippen MR) is 82.3 cm³/mol. The summed E-state index contributed by atoms with van der Waals surface area (Å²) in [4.78, 5) is 19.5. The van der Waals surface area contributed by atoms with E-state index in [1.54, 1.807) is 20.4 Å². The number of aromatic nitrogens is 2. The first-order valence-electron chi connectivity index (χ1n) is 6.74. The molecule has 0 fully saturated rings. The van der Waals surface area contributed by atoms with Crippen molar-refractivity contribution in [1.29, 1.82) is 0 Å². The number of hydrogen-bond acceptors (Lipinski definition) is 5. The van der Waals surface area contributed by atoms with Gasteiger partial charge in [0.15, 0.2) is 17.3 Å². The molecule has 0 saturated heterocycles. The molecule has 0 aliphatic carbocycles. The van der Waals surface area contributed by atoms with E-state index in [9.17, 15) is 4.79 Å². The van der Waals surface area contributed by atoms with Crippen molar-refractivity contribution in [3.8, 4) is 11.5 Å². The standard InChI is InChI=1S/C15H18N4O3/c1-21-12-4-3-11(9-13(12)22-2)5-6-18-15(20)19-14-10-16-7-8-17-14/h3-4,7-10H,5-6H2,1-2H3,(H2,17,18,19,20). The van der Waals surface area contributed by atoms with Crippen molar-refractivity contribution in [2.24, 2.45) is 0 Å². The van der Waals surface area contributed by atoms with E-state index < -0.39 is 0 Å². The molecule has 116 valence electrons. The van der Waals surface area contributed by atoms with Crippen LogP contribution in [0, 0.1) is 0 Å². The zero-order chi connectivity index (χ0) is 15.8. The molecular weight excluding hydrogens is 284 g/mol. The van der Waals surface area contributed by atoms with Gasteiger partial charge in [0.05, 0.1) is 20.4 Å². The van der Waals surface area contributed by atoms with Gasteiger partial charge in [-0.15, -0.1) is 0 Å². The lowest BCUT2D eigenvalue weighted by Crippen LogP contribution is -2.30. The number of rotatable bonds is 6. The van der Waals surface area contributed by atoms with Gasteiger partial charge in [0.1, 0.15) is 0 Å². The van der Waals surface area contributed by atoms with E-state index in [1.165, 1.54) is 12.4 Å². The van der Waals surface area contributed by atoms with Gasteiger partial charge in [-0.2, -0.15) is 0 Å². The molecule has 1 aromatic heterocycles. The number of nitrogens with one attached hydrogen (secondary N) is 2. The third-order valence-electron chi connectivity index (χ3n) is 2.95. The summed E-state index contributed by atoms with van der Waals surface area (Å²) >= 11 is 0. The molecule has 2 aromatic rings. The Hall–Kier alpha value is -2.83. The Morgan fingerprint density at radius 2 is 2.00 bits per heavy atom. The van der Waals surface area contributed by atoms with Crippen molar-refractivity contribution in [3.05, 3.63) is 42.4 Å². The van der Waals surface area contributed by atoms with Crippen LogP contribution >= 0.6 is 0 Å². The van der Waals surface area contributed by atoms with E-state index in [1.807, 2.05) is 18.2 Å². The first-order chi connectivity index (χ1) is 10.7. The summed E-state index contributed by atoms with van der Waals surface area (Å²) < 4.78 is 10.4. The van der Waals surface area contributed by atoms with Crippen LogP contribution in [0.2, 0.25) is 0 Å². The number of ether oxygens (including phenoxy) is 2. The minimum absolute atomic E-state index is 0.319. The van der Waals surface area contributed by atoms with Crippen LogP contribution in [-0.4, -0.2) is 36.8 Å². The quantitative estimate of drug-likeness (QED) is 0.850. The van der Waals surface area contributed by atoms with E-state index in [4.69, 9.17) is 9.47 Å². The van der Waals surface area contributed by atoms with Crippen molar-refractivity contribution in [2.45, 2.75) is 6.42 Å². The van der Waals surface area contributed by atoms with E-state index >= 15 is 0 Å². The van der Waals surface area contributed by atoms with E-state index in [2.05, 4.69) is 20.6 Å². The van der Waals surface area contributed by atoms with Gasteiger partial charge in [-0.25, -0.2) is 9.78 Å². The third kappa shape index (κ3) is 4.34. The van der Waals surface area contributed by atoms with Crippen molar-refractivity contribution in [1.82, 2.24) is 15.3 Å². The van der Waals surface area contributed by atoms with Crippen LogP contribution in [-0.2, 0) is 6.42 Å². The molecule has 7 nitrogen and oxygen atoms in total. The average molecular weight is 302 g/mol. The fourth-order valence-electron chi connectivity index (χ4n) is 1.88. The molecule has 2 rings (SSSR count). The molecule has 1 heterocycles. The summed E-state index contributed by atoms with van der Waals surface area (Å²) in [6, 6.07) is 5.35. The lowest BCUT2D eigenvalue weighted by atomic mass is 10.1. The highest BCUT2D eigenvalue weighted by atomic mass is 16.5. The van der Waals surface area contributed by atoms with Gasteiger partial charge < -0.3 is 14.8 Å². The molecule has 0 spiro atoms. The van der Waals surface area contributed by atoms with Gasteiger partial charge >= 0.3 is 6.03 Å². The Morgan fingerprint density at radius 1 is 1.18 bits per heavy atom.